The molecule has 1 heterocycles. The molecule has 76 valence electrons. The van der Waals surface area contributed by atoms with E-state index in [2.05, 4.69) is 10.3 Å². The Morgan fingerprint density at radius 1 is 1.64 bits per heavy atom. The molecule has 0 bridgehead atoms. The van der Waals surface area contributed by atoms with Gasteiger partial charge in [0.2, 0.25) is 0 Å². The van der Waals surface area contributed by atoms with Crippen LogP contribution in [0.2, 0.25) is 0 Å². The minimum Gasteiger partial charge on any atom is -0.384 e. The van der Waals surface area contributed by atoms with Crippen molar-refractivity contribution in [3.63, 3.8) is 0 Å². The molecule has 0 aromatic carbocycles. The predicted molar refractivity (Wildman–Crippen MR) is 52.9 cm³/mol. The lowest BCUT2D eigenvalue weighted by molar-refractivity contribution is 0.0937. The standard InChI is InChI=1S/C9H13N3O2/c1-14-5-4-11-9(13)7-2-3-8(10)12-6-7/h2-3,6H,4-5H2,1H3,(H2,10,12)(H,11,13). The van der Waals surface area contributed by atoms with E-state index >= 15 is 0 Å². The summed E-state index contributed by atoms with van der Waals surface area (Å²) < 4.78 is 4.80. The normalized spacial score (nSPS) is 9.79. The number of rotatable bonds is 4. The van der Waals surface area contributed by atoms with Gasteiger partial charge in [0.05, 0.1) is 12.2 Å². The van der Waals surface area contributed by atoms with Crippen LogP contribution in [0.3, 0.4) is 0 Å². The maximum atomic E-state index is 11.4. The summed E-state index contributed by atoms with van der Waals surface area (Å²) in [4.78, 5) is 15.2. The lowest BCUT2D eigenvalue weighted by Crippen LogP contribution is -2.26. The fourth-order valence-corrected chi connectivity index (χ4v) is 0.908. The molecule has 0 aliphatic heterocycles. The van der Waals surface area contributed by atoms with Gasteiger partial charge in [-0.3, -0.25) is 4.79 Å². The molecule has 5 heteroatoms. The Labute approximate surface area is 82.3 Å². The van der Waals surface area contributed by atoms with Crippen molar-refractivity contribution in [3.05, 3.63) is 23.9 Å². The molecule has 5 nitrogen and oxygen atoms in total. The van der Waals surface area contributed by atoms with Gasteiger partial charge >= 0.3 is 0 Å². The van der Waals surface area contributed by atoms with Crippen LogP contribution in [0.1, 0.15) is 10.4 Å². The Bertz CT molecular complexity index is 297. The molecule has 0 spiro atoms. The van der Waals surface area contributed by atoms with Crippen molar-refractivity contribution in [1.29, 1.82) is 0 Å². The second kappa shape index (κ2) is 5.18. The summed E-state index contributed by atoms with van der Waals surface area (Å²) in [6.07, 6.45) is 1.44. The van der Waals surface area contributed by atoms with Crippen LogP contribution >= 0.6 is 0 Å². The van der Waals surface area contributed by atoms with Crippen LogP contribution in [0.4, 0.5) is 5.82 Å². The van der Waals surface area contributed by atoms with E-state index in [9.17, 15) is 4.79 Å². The van der Waals surface area contributed by atoms with Crippen LogP contribution in [-0.2, 0) is 4.74 Å². The highest BCUT2D eigenvalue weighted by molar-refractivity contribution is 5.93. The van der Waals surface area contributed by atoms with Crippen molar-refractivity contribution < 1.29 is 9.53 Å². The van der Waals surface area contributed by atoms with Crippen LogP contribution in [0, 0.1) is 0 Å². The summed E-state index contributed by atoms with van der Waals surface area (Å²) in [6.45, 7) is 0.980. The minimum atomic E-state index is -0.172. The molecule has 0 fully saturated rings. The Hall–Kier alpha value is -1.62. The van der Waals surface area contributed by atoms with Gasteiger partial charge in [0.25, 0.3) is 5.91 Å². The number of nitrogens with two attached hydrogens (primary N) is 1. The van der Waals surface area contributed by atoms with Gasteiger partial charge in [-0.25, -0.2) is 4.98 Å². The molecule has 0 radical (unpaired) electrons. The van der Waals surface area contributed by atoms with Crippen LogP contribution in [0.25, 0.3) is 0 Å². The first-order valence-corrected chi connectivity index (χ1v) is 4.22. The molecule has 0 saturated carbocycles. The lowest BCUT2D eigenvalue weighted by atomic mass is 10.2. The van der Waals surface area contributed by atoms with Crippen molar-refractivity contribution >= 4 is 11.7 Å². The highest BCUT2D eigenvalue weighted by Gasteiger charge is 2.03. The predicted octanol–water partition coefficient (Wildman–Crippen LogP) is 0.0400. The molecule has 1 amide bonds. The van der Waals surface area contributed by atoms with Gasteiger partial charge in [-0.15, -0.1) is 0 Å². The number of hydrogen-bond donors (Lipinski definition) is 2. The number of amides is 1. The van der Waals surface area contributed by atoms with E-state index in [1.165, 1.54) is 6.20 Å². The van der Waals surface area contributed by atoms with Gasteiger partial charge in [0.15, 0.2) is 0 Å². The third kappa shape index (κ3) is 3.02. The second-order valence-electron chi connectivity index (χ2n) is 2.72. The van der Waals surface area contributed by atoms with Crippen molar-refractivity contribution in [3.8, 4) is 0 Å². The molecule has 1 aromatic heterocycles. The number of carbonyl (C=O) groups excluding carboxylic acids is 1. The van der Waals surface area contributed by atoms with Crippen LogP contribution < -0.4 is 11.1 Å². The molecule has 0 aliphatic rings. The lowest BCUT2D eigenvalue weighted by Gasteiger charge is -2.03. The van der Waals surface area contributed by atoms with E-state index in [1.54, 1.807) is 19.2 Å². The zero-order chi connectivity index (χ0) is 10.4. The van der Waals surface area contributed by atoms with Gasteiger partial charge in [0.1, 0.15) is 5.82 Å². The number of aromatic nitrogens is 1. The number of anilines is 1. The Kier molecular flexibility index (Phi) is 3.87. The fraction of sp³-hybridized carbons (Fsp3) is 0.333. The molecule has 1 rings (SSSR count). The summed E-state index contributed by atoms with van der Waals surface area (Å²) in [5.41, 5.74) is 5.88. The monoisotopic (exact) mass is 195 g/mol. The highest BCUT2D eigenvalue weighted by Crippen LogP contribution is 2.00. The molecule has 1 aromatic rings. The maximum absolute atomic E-state index is 11.4. The average molecular weight is 195 g/mol. The summed E-state index contributed by atoms with van der Waals surface area (Å²) in [6, 6.07) is 3.22. The molecule has 0 saturated heterocycles. The minimum absolute atomic E-state index is 0.172. The van der Waals surface area contributed by atoms with Crippen LogP contribution in [-0.4, -0.2) is 31.2 Å². The number of nitrogen functional groups attached to an aromatic ring is 1. The molecule has 3 N–H and O–H groups in total. The van der Waals surface area contributed by atoms with Crippen molar-refractivity contribution in [2.24, 2.45) is 0 Å². The first-order chi connectivity index (χ1) is 6.74. The number of hydrogen-bond acceptors (Lipinski definition) is 4. The summed E-state index contributed by atoms with van der Waals surface area (Å²) in [5.74, 6) is 0.230. The average Bonchev–Trinajstić information content (AvgIpc) is 2.19. The van der Waals surface area contributed by atoms with E-state index in [0.717, 1.165) is 0 Å². The topological polar surface area (TPSA) is 77.2 Å². The number of nitrogens with zero attached hydrogens (tertiary/aromatic N) is 1. The Morgan fingerprint density at radius 2 is 2.43 bits per heavy atom. The van der Waals surface area contributed by atoms with Gasteiger partial charge in [-0.1, -0.05) is 0 Å². The van der Waals surface area contributed by atoms with Gasteiger partial charge in [0, 0.05) is 19.9 Å². The molecule has 0 atom stereocenters. The number of ether oxygens (including phenoxy) is 1. The van der Waals surface area contributed by atoms with Crippen LogP contribution in [0.15, 0.2) is 18.3 Å². The third-order valence-corrected chi connectivity index (χ3v) is 1.64. The van der Waals surface area contributed by atoms with E-state index < -0.39 is 0 Å². The highest BCUT2D eigenvalue weighted by atomic mass is 16.5. The Morgan fingerprint density at radius 3 is 3.00 bits per heavy atom. The summed E-state index contributed by atoms with van der Waals surface area (Å²) >= 11 is 0. The zero-order valence-corrected chi connectivity index (χ0v) is 7.99. The quantitative estimate of drug-likeness (QED) is 0.665. The van der Waals surface area contributed by atoms with Crippen molar-refractivity contribution in [2.75, 3.05) is 26.0 Å². The first-order valence-electron chi connectivity index (χ1n) is 4.22. The Balaban J connectivity index is 2.48. The number of nitrogens with one attached hydrogen (secondary N) is 1. The summed E-state index contributed by atoms with van der Waals surface area (Å²) in [7, 11) is 1.58. The van der Waals surface area contributed by atoms with Gasteiger partial charge in [-0.05, 0) is 12.1 Å². The maximum Gasteiger partial charge on any atom is 0.252 e. The number of carbonyl (C=O) groups is 1. The number of pyridine rings is 1. The van der Waals surface area contributed by atoms with Crippen molar-refractivity contribution in [2.45, 2.75) is 0 Å². The molecule has 14 heavy (non-hydrogen) atoms. The third-order valence-electron chi connectivity index (χ3n) is 1.64. The molecule has 0 aliphatic carbocycles. The van der Waals surface area contributed by atoms with E-state index in [0.29, 0.717) is 24.5 Å². The van der Waals surface area contributed by atoms with E-state index in [4.69, 9.17) is 10.5 Å². The molecule has 0 unspecified atom stereocenters. The summed E-state index contributed by atoms with van der Waals surface area (Å²) in [5, 5.41) is 2.67. The van der Waals surface area contributed by atoms with E-state index in [1.807, 2.05) is 0 Å². The SMILES string of the molecule is COCCNC(=O)c1ccc(N)nc1. The zero-order valence-electron chi connectivity index (χ0n) is 7.99. The van der Waals surface area contributed by atoms with Crippen LogP contribution in [0.5, 0.6) is 0 Å². The largest absolute Gasteiger partial charge is 0.384 e. The van der Waals surface area contributed by atoms with E-state index in [-0.39, 0.29) is 5.91 Å². The smallest absolute Gasteiger partial charge is 0.252 e. The second-order valence-corrected chi connectivity index (χ2v) is 2.72. The number of methoxy groups -OCH3 is 1. The van der Waals surface area contributed by atoms with Gasteiger partial charge < -0.3 is 15.8 Å². The first kappa shape index (κ1) is 10.5. The van der Waals surface area contributed by atoms with Gasteiger partial charge in [-0.2, -0.15) is 0 Å². The molecular weight excluding hydrogens is 182 g/mol. The molecular formula is C9H13N3O2. The fourth-order valence-electron chi connectivity index (χ4n) is 0.908. The van der Waals surface area contributed by atoms with Crippen molar-refractivity contribution in [1.82, 2.24) is 10.3 Å².